The molecule has 4 rings (SSSR count). The van der Waals surface area contributed by atoms with Crippen LogP contribution < -0.4 is 10.6 Å². The SMILES string of the molecule is O=C(NCCn1ccnc1)c1cc(NCC2CCCCC2)cc(S(=O)(=O)N2CCCC2)c1. The number of nitrogens with one attached hydrogen (secondary N) is 2. The van der Waals surface area contributed by atoms with Gasteiger partial charge in [-0.1, -0.05) is 19.3 Å². The number of carbonyl (C=O) groups excluding carboxylic acids is 1. The van der Waals surface area contributed by atoms with Gasteiger partial charge in [-0.15, -0.1) is 0 Å². The normalized spacial score (nSPS) is 18.0. The van der Waals surface area contributed by atoms with Gasteiger partial charge in [-0.25, -0.2) is 13.4 Å². The monoisotopic (exact) mass is 459 g/mol. The van der Waals surface area contributed by atoms with Crippen LogP contribution in [0.25, 0.3) is 0 Å². The molecule has 174 valence electrons. The van der Waals surface area contributed by atoms with E-state index in [1.165, 1.54) is 42.5 Å². The molecule has 9 heteroatoms. The first-order valence-electron chi connectivity index (χ1n) is 11.7. The predicted molar refractivity (Wildman–Crippen MR) is 124 cm³/mol. The molecule has 2 N–H and O–H groups in total. The van der Waals surface area contributed by atoms with E-state index in [9.17, 15) is 13.2 Å². The highest BCUT2D eigenvalue weighted by molar-refractivity contribution is 7.89. The molecule has 1 aromatic carbocycles. The molecule has 1 aliphatic carbocycles. The van der Waals surface area contributed by atoms with E-state index < -0.39 is 10.0 Å². The van der Waals surface area contributed by atoms with Crippen molar-refractivity contribution in [1.82, 2.24) is 19.2 Å². The Bertz CT molecular complexity index is 995. The molecule has 1 aliphatic heterocycles. The van der Waals surface area contributed by atoms with Crippen LogP contribution in [0.1, 0.15) is 55.3 Å². The second kappa shape index (κ2) is 10.5. The number of nitrogens with zero attached hydrogens (tertiary/aromatic N) is 3. The van der Waals surface area contributed by atoms with Gasteiger partial charge in [0.2, 0.25) is 10.0 Å². The molecule has 1 aromatic heterocycles. The molecule has 32 heavy (non-hydrogen) atoms. The standard InChI is InChI=1S/C23H33N5O3S/c29-23(25-9-13-27-12-8-24-18-27)20-14-21(26-17-19-6-2-1-3-7-19)16-22(15-20)32(30,31)28-10-4-5-11-28/h8,12,14-16,18-19,26H,1-7,9-11,13,17H2,(H,25,29). The summed E-state index contributed by atoms with van der Waals surface area (Å²) in [5.74, 6) is 0.319. The molecule has 2 aromatic rings. The summed E-state index contributed by atoms with van der Waals surface area (Å²) in [4.78, 5) is 17.0. The number of hydrogen-bond acceptors (Lipinski definition) is 5. The number of carbonyl (C=O) groups is 1. The highest BCUT2D eigenvalue weighted by atomic mass is 32.2. The third-order valence-corrected chi connectivity index (χ3v) is 8.28. The molecule has 2 fully saturated rings. The van der Waals surface area contributed by atoms with E-state index in [2.05, 4.69) is 15.6 Å². The van der Waals surface area contributed by atoms with Crippen molar-refractivity contribution in [2.75, 3.05) is 31.5 Å². The average Bonchev–Trinajstić information content (AvgIpc) is 3.53. The third-order valence-electron chi connectivity index (χ3n) is 6.41. The first-order chi connectivity index (χ1) is 15.5. The van der Waals surface area contributed by atoms with E-state index in [4.69, 9.17) is 0 Å². The van der Waals surface area contributed by atoms with E-state index in [-0.39, 0.29) is 10.8 Å². The zero-order chi connectivity index (χ0) is 22.4. The number of amides is 1. The van der Waals surface area contributed by atoms with Crippen molar-refractivity contribution in [3.05, 3.63) is 42.5 Å². The molecule has 0 radical (unpaired) electrons. The van der Waals surface area contributed by atoms with Crippen LogP contribution in [0.4, 0.5) is 5.69 Å². The maximum absolute atomic E-state index is 13.2. The van der Waals surface area contributed by atoms with Crippen molar-refractivity contribution in [3.63, 3.8) is 0 Å². The Morgan fingerprint density at radius 3 is 2.56 bits per heavy atom. The largest absolute Gasteiger partial charge is 0.385 e. The van der Waals surface area contributed by atoms with Crippen molar-refractivity contribution >= 4 is 21.6 Å². The quantitative estimate of drug-likeness (QED) is 0.601. The topological polar surface area (TPSA) is 96.3 Å². The molecular weight excluding hydrogens is 426 g/mol. The minimum atomic E-state index is -3.62. The van der Waals surface area contributed by atoms with E-state index in [1.54, 1.807) is 24.7 Å². The van der Waals surface area contributed by atoms with E-state index in [0.29, 0.717) is 43.3 Å². The lowest BCUT2D eigenvalue weighted by molar-refractivity contribution is 0.0952. The lowest BCUT2D eigenvalue weighted by Gasteiger charge is -2.23. The molecule has 1 saturated heterocycles. The Hall–Kier alpha value is -2.39. The van der Waals surface area contributed by atoms with Crippen molar-refractivity contribution < 1.29 is 13.2 Å². The highest BCUT2D eigenvalue weighted by Gasteiger charge is 2.28. The first-order valence-corrected chi connectivity index (χ1v) is 13.1. The number of sulfonamides is 1. The molecule has 0 atom stereocenters. The maximum Gasteiger partial charge on any atom is 0.251 e. The fraction of sp³-hybridized carbons (Fsp3) is 0.565. The number of imidazole rings is 1. The minimum Gasteiger partial charge on any atom is -0.385 e. The second-order valence-corrected chi connectivity index (χ2v) is 10.7. The Kier molecular flexibility index (Phi) is 7.47. The highest BCUT2D eigenvalue weighted by Crippen LogP contribution is 2.27. The summed E-state index contributed by atoms with van der Waals surface area (Å²) in [6, 6.07) is 4.95. The molecule has 0 unspecified atom stereocenters. The summed E-state index contributed by atoms with van der Waals surface area (Å²) >= 11 is 0. The Morgan fingerprint density at radius 1 is 1.06 bits per heavy atom. The van der Waals surface area contributed by atoms with Crippen LogP contribution in [-0.2, 0) is 16.6 Å². The molecule has 1 amide bonds. The minimum absolute atomic E-state index is 0.188. The Morgan fingerprint density at radius 2 is 1.84 bits per heavy atom. The van der Waals surface area contributed by atoms with Gasteiger partial charge in [0.05, 0.1) is 11.2 Å². The fourth-order valence-corrected chi connectivity index (χ4v) is 6.12. The summed E-state index contributed by atoms with van der Waals surface area (Å²) in [5.41, 5.74) is 1.05. The zero-order valence-corrected chi connectivity index (χ0v) is 19.3. The van der Waals surface area contributed by atoms with Crippen molar-refractivity contribution in [2.45, 2.75) is 56.4 Å². The van der Waals surface area contributed by atoms with Crippen LogP contribution in [0.3, 0.4) is 0 Å². The maximum atomic E-state index is 13.2. The molecule has 0 spiro atoms. The van der Waals surface area contributed by atoms with Crippen LogP contribution in [-0.4, -0.2) is 54.4 Å². The summed E-state index contributed by atoms with van der Waals surface area (Å²) in [6.45, 7) is 2.91. The van der Waals surface area contributed by atoms with Gasteiger partial charge in [0, 0.05) is 56.4 Å². The molecule has 8 nitrogen and oxygen atoms in total. The number of anilines is 1. The first kappa shape index (κ1) is 22.8. The predicted octanol–water partition coefficient (Wildman–Crippen LogP) is 3.09. The molecule has 0 bridgehead atoms. The third kappa shape index (κ3) is 5.69. The summed E-state index contributed by atoms with van der Waals surface area (Å²) in [7, 11) is -3.62. The van der Waals surface area contributed by atoms with Crippen LogP contribution in [0, 0.1) is 5.92 Å². The van der Waals surface area contributed by atoms with Gasteiger partial charge in [0.1, 0.15) is 0 Å². The van der Waals surface area contributed by atoms with Gasteiger partial charge < -0.3 is 15.2 Å². The molecular formula is C23H33N5O3S. The summed E-state index contributed by atoms with van der Waals surface area (Å²) < 4.78 is 29.8. The summed E-state index contributed by atoms with van der Waals surface area (Å²) in [5, 5.41) is 6.31. The van der Waals surface area contributed by atoms with Crippen molar-refractivity contribution in [2.24, 2.45) is 5.92 Å². The number of hydrogen-bond donors (Lipinski definition) is 2. The van der Waals surface area contributed by atoms with Gasteiger partial charge in [-0.05, 0) is 49.8 Å². The van der Waals surface area contributed by atoms with Gasteiger partial charge in [-0.2, -0.15) is 4.31 Å². The molecule has 1 saturated carbocycles. The smallest absolute Gasteiger partial charge is 0.251 e. The fourth-order valence-electron chi connectivity index (χ4n) is 4.53. The number of benzene rings is 1. The Labute approximate surface area is 190 Å². The van der Waals surface area contributed by atoms with Crippen LogP contribution in [0.15, 0.2) is 41.8 Å². The van der Waals surface area contributed by atoms with Crippen LogP contribution in [0.5, 0.6) is 0 Å². The lowest BCUT2D eigenvalue weighted by Crippen LogP contribution is -2.30. The van der Waals surface area contributed by atoms with Crippen molar-refractivity contribution in [3.8, 4) is 0 Å². The van der Waals surface area contributed by atoms with Gasteiger partial charge in [0.15, 0.2) is 0 Å². The Balaban J connectivity index is 1.51. The van der Waals surface area contributed by atoms with Gasteiger partial charge >= 0.3 is 0 Å². The van der Waals surface area contributed by atoms with E-state index >= 15 is 0 Å². The second-order valence-electron chi connectivity index (χ2n) is 8.80. The van der Waals surface area contributed by atoms with Gasteiger partial charge in [-0.3, -0.25) is 4.79 Å². The van der Waals surface area contributed by atoms with Gasteiger partial charge in [0.25, 0.3) is 5.91 Å². The van der Waals surface area contributed by atoms with E-state index in [1.807, 2.05) is 10.8 Å². The summed E-state index contributed by atoms with van der Waals surface area (Å²) in [6.07, 6.45) is 13.2. The molecule has 2 aliphatic rings. The van der Waals surface area contributed by atoms with Crippen molar-refractivity contribution in [1.29, 1.82) is 0 Å². The van der Waals surface area contributed by atoms with Crippen LogP contribution in [0.2, 0.25) is 0 Å². The lowest BCUT2D eigenvalue weighted by atomic mass is 9.89. The zero-order valence-electron chi connectivity index (χ0n) is 18.5. The molecule has 2 heterocycles. The number of rotatable bonds is 9. The van der Waals surface area contributed by atoms with Crippen LogP contribution >= 0.6 is 0 Å². The van der Waals surface area contributed by atoms with E-state index in [0.717, 1.165) is 19.4 Å². The average molecular weight is 460 g/mol. The number of aromatic nitrogens is 2.